The Balaban J connectivity index is 1.69. The highest BCUT2D eigenvalue weighted by Crippen LogP contribution is 2.30. The zero-order valence-electron chi connectivity index (χ0n) is 16.7. The van der Waals surface area contributed by atoms with Gasteiger partial charge in [-0.1, -0.05) is 0 Å². The first kappa shape index (κ1) is 18.5. The van der Waals surface area contributed by atoms with Gasteiger partial charge in [0.25, 0.3) is 0 Å². The topological polar surface area (TPSA) is 28.2 Å². The van der Waals surface area contributed by atoms with Crippen LogP contribution in [0.5, 0.6) is 0 Å². The second-order valence-corrected chi connectivity index (χ2v) is 9.21. The number of hydrogen-bond donors (Lipinski definition) is 1. The highest BCUT2D eigenvalue weighted by molar-refractivity contribution is 4.95. The molecule has 0 radical (unpaired) electrons. The lowest BCUT2D eigenvalue weighted by Crippen LogP contribution is -2.73. The van der Waals surface area contributed by atoms with Crippen molar-refractivity contribution in [3.63, 3.8) is 0 Å². The third kappa shape index (κ3) is 3.64. The van der Waals surface area contributed by atoms with Gasteiger partial charge < -0.3 is 10.2 Å². The monoisotopic (exact) mass is 338 g/mol. The number of piperazine rings is 3. The summed E-state index contributed by atoms with van der Waals surface area (Å²) in [7, 11) is 2.24. The van der Waals surface area contributed by atoms with E-state index in [-0.39, 0.29) is 11.1 Å². The van der Waals surface area contributed by atoms with Crippen molar-refractivity contribution in [1.82, 2.24) is 30.3 Å². The van der Waals surface area contributed by atoms with Crippen molar-refractivity contribution in [2.75, 3.05) is 66.0 Å². The molecule has 6 heteroatoms. The smallest absolute Gasteiger partial charge is 0.0441 e. The van der Waals surface area contributed by atoms with Gasteiger partial charge in [-0.2, -0.15) is 0 Å². The van der Waals surface area contributed by atoms with E-state index in [1.54, 1.807) is 0 Å². The lowest BCUT2D eigenvalue weighted by molar-refractivity contribution is -0.215. The second-order valence-electron chi connectivity index (χ2n) is 9.21. The van der Waals surface area contributed by atoms with Crippen LogP contribution >= 0.6 is 0 Å². The van der Waals surface area contributed by atoms with Crippen LogP contribution in [0.3, 0.4) is 0 Å². The van der Waals surface area contributed by atoms with Gasteiger partial charge in [0.05, 0.1) is 0 Å². The lowest BCUT2D eigenvalue weighted by atomic mass is 9.98. The van der Waals surface area contributed by atoms with E-state index < -0.39 is 0 Å². The molecule has 0 bridgehead atoms. The summed E-state index contributed by atoms with van der Waals surface area (Å²) >= 11 is 0. The molecule has 140 valence electrons. The average Bonchev–Trinajstić information content (AvgIpc) is 2.46. The van der Waals surface area contributed by atoms with Crippen molar-refractivity contribution < 1.29 is 0 Å². The van der Waals surface area contributed by atoms with E-state index in [4.69, 9.17) is 0 Å². The fraction of sp³-hybridized carbons (Fsp3) is 1.00. The molecule has 3 rings (SSSR count). The summed E-state index contributed by atoms with van der Waals surface area (Å²) in [5, 5.41) is 14.1. The zero-order valence-corrected chi connectivity index (χ0v) is 16.7. The molecular weight excluding hydrogens is 300 g/mol. The number of hydrazine groups is 2. The van der Waals surface area contributed by atoms with Gasteiger partial charge in [-0.15, -0.1) is 0 Å². The summed E-state index contributed by atoms with van der Waals surface area (Å²) in [6, 6.07) is 0.588. The van der Waals surface area contributed by atoms with E-state index in [2.05, 4.69) is 71.9 Å². The Hall–Kier alpha value is -0.240. The maximum atomic E-state index is 3.51. The first-order valence-electron chi connectivity index (χ1n) is 9.67. The molecule has 0 aromatic heterocycles. The molecule has 0 aliphatic carbocycles. The number of likely N-dealkylation sites (N-methyl/N-ethyl adjacent to an activating group) is 1. The number of nitrogens with one attached hydrogen (secondary N) is 1. The summed E-state index contributed by atoms with van der Waals surface area (Å²) in [6.07, 6.45) is 0. The van der Waals surface area contributed by atoms with Gasteiger partial charge in [0.15, 0.2) is 0 Å². The maximum Gasteiger partial charge on any atom is 0.0441 e. The lowest BCUT2D eigenvalue weighted by Gasteiger charge is -2.59. The minimum Gasteiger partial charge on any atom is -0.314 e. The molecule has 0 aromatic rings. The fourth-order valence-corrected chi connectivity index (χ4v) is 4.90. The van der Waals surface area contributed by atoms with Gasteiger partial charge in [-0.25, -0.2) is 20.0 Å². The van der Waals surface area contributed by atoms with Gasteiger partial charge in [-0.05, 0) is 41.7 Å². The third-order valence-corrected chi connectivity index (χ3v) is 6.00. The van der Waals surface area contributed by atoms with Crippen LogP contribution in [0.25, 0.3) is 0 Å². The Kier molecular flexibility index (Phi) is 5.27. The van der Waals surface area contributed by atoms with Crippen LogP contribution in [-0.2, 0) is 0 Å². The summed E-state index contributed by atoms with van der Waals surface area (Å²) in [6.45, 7) is 22.1. The highest BCUT2D eigenvalue weighted by atomic mass is 15.7. The summed E-state index contributed by atoms with van der Waals surface area (Å²) in [4.78, 5) is 2.46. The number of rotatable bonds is 2. The van der Waals surface area contributed by atoms with Gasteiger partial charge in [0, 0.05) is 76.0 Å². The Morgan fingerprint density at radius 1 is 0.833 bits per heavy atom. The van der Waals surface area contributed by atoms with Crippen LogP contribution in [0.2, 0.25) is 0 Å². The fourth-order valence-electron chi connectivity index (χ4n) is 4.90. The molecule has 3 saturated heterocycles. The molecule has 0 spiro atoms. The van der Waals surface area contributed by atoms with Crippen LogP contribution in [-0.4, -0.2) is 108 Å². The van der Waals surface area contributed by atoms with Crippen LogP contribution in [0, 0.1) is 0 Å². The summed E-state index contributed by atoms with van der Waals surface area (Å²) < 4.78 is 0. The van der Waals surface area contributed by atoms with Gasteiger partial charge >= 0.3 is 0 Å². The molecule has 3 aliphatic rings. The molecule has 1 atom stereocenters. The summed E-state index contributed by atoms with van der Waals surface area (Å²) in [5.74, 6) is 0. The Morgan fingerprint density at radius 2 is 1.50 bits per heavy atom. The van der Waals surface area contributed by atoms with Crippen LogP contribution in [0.4, 0.5) is 0 Å². The second kappa shape index (κ2) is 6.82. The van der Waals surface area contributed by atoms with E-state index in [9.17, 15) is 0 Å². The van der Waals surface area contributed by atoms with Crippen molar-refractivity contribution in [3.05, 3.63) is 0 Å². The van der Waals surface area contributed by atoms with Crippen molar-refractivity contribution in [3.8, 4) is 0 Å². The van der Waals surface area contributed by atoms with Gasteiger partial charge in [0.1, 0.15) is 0 Å². The highest BCUT2D eigenvalue weighted by Gasteiger charge is 2.44. The van der Waals surface area contributed by atoms with E-state index in [1.807, 2.05) is 0 Å². The molecule has 0 aromatic carbocycles. The normalized spacial score (nSPS) is 34.5. The standard InChI is InChI=1S/C18H38N6/c1-16-13-19-7-8-22(16)24-12-10-21(15-18(24,4)5)23-11-9-20(6)14-17(23,2)3/h16,19H,7-15H2,1-6H3/t16-/m1/s1. The predicted octanol–water partition coefficient (Wildman–Crippen LogP) is 0.532. The molecule has 3 fully saturated rings. The minimum absolute atomic E-state index is 0.170. The Labute approximate surface area is 148 Å². The molecule has 0 saturated carbocycles. The van der Waals surface area contributed by atoms with Crippen molar-refractivity contribution >= 4 is 0 Å². The largest absolute Gasteiger partial charge is 0.314 e. The molecule has 0 amide bonds. The van der Waals surface area contributed by atoms with E-state index in [0.717, 1.165) is 52.4 Å². The number of nitrogens with zero attached hydrogens (tertiary/aromatic N) is 5. The first-order chi connectivity index (χ1) is 11.2. The Bertz CT molecular complexity index is 437. The van der Waals surface area contributed by atoms with Crippen LogP contribution in [0.15, 0.2) is 0 Å². The average molecular weight is 339 g/mol. The van der Waals surface area contributed by atoms with E-state index in [0.29, 0.717) is 6.04 Å². The van der Waals surface area contributed by atoms with E-state index in [1.165, 1.54) is 6.54 Å². The van der Waals surface area contributed by atoms with Gasteiger partial charge in [-0.3, -0.25) is 0 Å². The van der Waals surface area contributed by atoms with Crippen LogP contribution < -0.4 is 5.32 Å². The van der Waals surface area contributed by atoms with Crippen molar-refractivity contribution in [2.45, 2.75) is 51.7 Å². The minimum atomic E-state index is 0.170. The van der Waals surface area contributed by atoms with E-state index >= 15 is 0 Å². The molecule has 3 aliphatic heterocycles. The third-order valence-electron chi connectivity index (χ3n) is 6.00. The maximum absolute atomic E-state index is 3.51. The van der Waals surface area contributed by atoms with Gasteiger partial charge in [0.2, 0.25) is 0 Å². The predicted molar refractivity (Wildman–Crippen MR) is 99.7 cm³/mol. The van der Waals surface area contributed by atoms with Crippen molar-refractivity contribution in [2.24, 2.45) is 0 Å². The summed E-state index contributed by atoms with van der Waals surface area (Å²) in [5.41, 5.74) is 0.386. The molecule has 3 heterocycles. The molecule has 1 N–H and O–H groups in total. The van der Waals surface area contributed by atoms with Crippen LogP contribution in [0.1, 0.15) is 34.6 Å². The number of hydrogen-bond acceptors (Lipinski definition) is 6. The first-order valence-corrected chi connectivity index (χ1v) is 9.67. The zero-order chi connectivity index (χ0) is 17.5. The molecule has 24 heavy (non-hydrogen) atoms. The molecular formula is C18H38N6. The SMILES string of the molecule is C[C@@H]1CNCCN1N1CCN(N2CCN(C)CC2(C)C)CC1(C)C. The quantitative estimate of drug-likeness (QED) is 0.790. The Morgan fingerprint density at radius 3 is 2.12 bits per heavy atom. The molecule has 0 unspecified atom stereocenters. The van der Waals surface area contributed by atoms with Crippen molar-refractivity contribution in [1.29, 1.82) is 0 Å². The molecule has 6 nitrogen and oxygen atoms in total.